The van der Waals surface area contributed by atoms with Gasteiger partial charge in [-0.1, -0.05) is 80.9 Å². The Morgan fingerprint density at radius 1 is 1.03 bits per heavy atom. The van der Waals surface area contributed by atoms with Gasteiger partial charge >= 0.3 is 0 Å². The van der Waals surface area contributed by atoms with Gasteiger partial charge in [-0.3, -0.25) is 4.79 Å². The standard InChI is InChI=1S/C27H28ClN3O/c1-18(23-14-7-10-19-9-5-6-13-24(19)23)26(32)29-17-22-16-25(27(2,3)4)30-31(22)21-12-8-11-20(28)15-21/h5-16,18H,17H2,1-4H3,(H,29,32). The second-order valence-corrected chi connectivity index (χ2v) is 9.61. The van der Waals surface area contributed by atoms with Crippen molar-refractivity contribution in [2.45, 2.75) is 45.6 Å². The van der Waals surface area contributed by atoms with E-state index in [-0.39, 0.29) is 17.2 Å². The molecule has 1 aromatic heterocycles. The summed E-state index contributed by atoms with van der Waals surface area (Å²) in [5, 5.41) is 10.8. The van der Waals surface area contributed by atoms with Crippen LogP contribution in [0.3, 0.4) is 0 Å². The fourth-order valence-electron chi connectivity index (χ4n) is 3.84. The van der Waals surface area contributed by atoms with Crippen LogP contribution in [0.4, 0.5) is 0 Å². The van der Waals surface area contributed by atoms with E-state index in [9.17, 15) is 4.79 Å². The molecule has 1 N–H and O–H groups in total. The number of carbonyl (C=O) groups is 1. The van der Waals surface area contributed by atoms with E-state index in [4.69, 9.17) is 16.7 Å². The molecule has 0 fully saturated rings. The molecule has 164 valence electrons. The third-order valence-electron chi connectivity index (χ3n) is 5.73. The molecule has 5 heteroatoms. The van der Waals surface area contributed by atoms with Crippen LogP contribution in [0.15, 0.2) is 72.8 Å². The molecule has 0 aliphatic carbocycles. The fourth-order valence-corrected chi connectivity index (χ4v) is 4.03. The minimum absolute atomic E-state index is 0.0162. The van der Waals surface area contributed by atoms with Gasteiger partial charge in [-0.05, 0) is 47.5 Å². The Morgan fingerprint density at radius 2 is 1.75 bits per heavy atom. The van der Waals surface area contributed by atoms with E-state index in [1.165, 1.54) is 0 Å². The molecule has 0 saturated carbocycles. The molecule has 4 rings (SSSR count). The van der Waals surface area contributed by atoms with Gasteiger partial charge in [0.25, 0.3) is 0 Å². The maximum Gasteiger partial charge on any atom is 0.227 e. The van der Waals surface area contributed by atoms with E-state index < -0.39 is 0 Å². The Kier molecular flexibility index (Phi) is 6.07. The zero-order valence-corrected chi connectivity index (χ0v) is 19.6. The maximum atomic E-state index is 13.1. The smallest absolute Gasteiger partial charge is 0.227 e. The summed E-state index contributed by atoms with van der Waals surface area (Å²) in [6.45, 7) is 8.71. The van der Waals surface area contributed by atoms with Gasteiger partial charge in [0.2, 0.25) is 5.91 Å². The summed E-state index contributed by atoms with van der Waals surface area (Å²) in [4.78, 5) is 13.1. The topological polar surface area (TPSA) is 46.9 Å². The number of aromatic nitrogens is 2. The van der Waals surface area contributed by atoms with Gasteiger partial charge in [-0.2, -0.15) is 5.10 Å². The van der Waals surface area contributed by atoms with E-state index in [0.29, 0.717) is 11.6 Å². The van der Waals surface area contributed by atoms with Crippen LogP contribution in [-0.2, 0) is 16.8 Å². The van der Waals surface area contributed by atoms with E-state index in [1.807, 2.05) is 60.1 Å². The predicted molar refractivity (Wildman–Crippen MR) is 131 cm³/mol. The van der Waals surface area contributed by atoms with Gasteiger partial charge in [0.1, 0.15) is 0 Å². The Morgan fingerprint density at radius 3 is 2.50 bits per heavy atom. The van der Waals surface area contributed by atoms with Gasteiger partial charge in [-0.25, -0.2) is 4.68 Å². The molecule has 0 radical (unpaired) electrons. The Bertz CT molecular complexity index is 1260. The van der Waals surface area contributed by atoms with Crippen molar-refractivity contribution < 1.29 is 4.79 Å². The van der Waals surface area contributed by atoms with Crippen molar-refractivity contribution in [3.63, 3.8) is 0 Å². The summed E-state index contributed by atoms with van der Waals surface area (Å²) in [5.41, 5.74) is 3.66. The van der Waals surface area contributed by atoms with Crippen molar-refractivity contribution in [1.29, 1.82) is 0 Å². The first-order valence-electron chi connectivity index (χ1n) is 10.8. The van der Waals surface area contributed by atoms with Gasteiger partial charge in [0.15, 0.2) is 0 Å². The number of amides is 1. The lowest BCUT2D eigenvalue weighted by Gasteiger charge is -2.15. The zero-order chi connectivity index (χ0) is 22.9. The Hall–Kier alpha value is -3.11. The van der Waals surface area contributed by atoms with Crippen molar-refractivity contribution in [1.82, 2.24) is 15.1 Å². The third kappa shape index (κ3) is 4.56. The Labute approximate surface area is 194 Å². The third-order valence-corrected chi connectivity index (χ3v) is 5.97. The average molecular weight is 446 g/mol. The van der Waals surface area contributed by atoms with E-state index in [2.05, 4.69) is 50.4 Å². The van der Waals surface area contributed by atoms with Crippen molar-refractivity contribution in [2.75, 3.05) is 0 Å². The molecule has 0 aliphatic heterocycles. The van der Waals surface area contributed by atoms with Crippen molar-refractivity contribution in [2.24, 2.45) is 0 Å². The van der Waals surface area contributed by atoms with Crippen LogP contribution in [0.2, 0.25) is 5.02 Å². The van der Waals surface area contributed by atoms with Crippen molar-refractivity contribution in [3.8, 4) is 5.69 Å². The molecule has 1 unspecified atom stereocenters. The van der Waals surface area contributed by atoms with Crippen LogP contribution in [0.1, 0.15) is 50.6 Å². The number of fused-ring (bicyclic) bond motifs is 1. The zero-order valence-electron chi connectivity index (χ0n) is 18.9. The number of nitrogens with one attached hydrogen (secondary N) is 1. The van der Waals surface area contributed by atoms with Crippen molar-refractivity contribution in [3.05, 3.63) is 94.8 Å². The van der Waals surface area contributed by atoms with Crippen LogP contribution in [0.25, 0.3) is 16.5 Å². The Balaban J connectivity index is 1.60. The summed E-state index contributed by atoms with van der Waals surface area (Å²) in [7, 11) is 0. The van der Waals surface area contributed by atoms with Gasteiger partial charge < -0.3 is 5.32 Å². The first-order valence-corrected chi connectivity index (χ1v) is 11.2. The molecule has 4 nitrogen and oxygen atoms in total. The highest BCUT2D eigenvalue weighted by atomic mass is 35.5. The molecule has 1 amide bonds. The first-order chi connectivity index (χ1) is 15.2. The monoisotopic (exact) mass is 445 g/mol. The number of carbonyl (C=O) groups excluding carboxylic acids is 1. The highest BCUT2D eigenvalue weighted by Crippen LogP contribution is 2.27. The molecule has 3 aromatic carbocycles. The summed E-state index contributed by atoms with van der Waals surface area (Å²) in [5.74, 6) is -0.289. The fraction of sp³-hybridized carbons (Fsp3) is 0.259. The molecular weight excluding hydrogens is 418 g/mol. The SMILES string of the molecule is CC(C(=O)NCc1cc(C(C)(C)C)nn1-c1cccc(Cl)c1)c1cccc2ccccc12. The molecule has 1 heterocycles. The number of halogens is 1. The van der Waals surface area contributed by atoms with Crippen LogP contribution in [0, 0.1) is 0 Å². The molecule has 0 bridgehead atoms. The quantitative estimate of drug-likeness (QED) is 0.386. The lowest BCUT2D eigenvalue weighted by molar-refractivity contribution is -0.122. The normalized spacial score (nSPS) is 12.7. The molecule has 0 saturated heterocycles. The van der Waals surface area contributed by atoms with Gasteiger partial charge in [-0.15, -0.1) is 0 Å². The van der Waals surface area contributed by atoms with Crippen LogP contribution in [-0.4, -0.2) is 15.7 Å². The maximum absolute atomic E-state index is 13.1. The summed E-state index contributed by atoms with van der Waals surface area (Å²) >= 11 is 6.22. The number of hydrogen-bond donors (Lipinski definition) is 1. The van der Waals surface area contributed by atoms with E-state index >= 15 is 0 Å². The van der Waals surface area contributed by atoms with Gasteiger partial charge in [0, 0.05) is 10.4 Å². The highest BCUT2D eigenvalue weighted by Gasteiger charge is 2.22. The highest BCUT2D eigenvalue weighted by molar-refractivity contribution is 6.30. The number of benzene rings is 3. The van der Waals surface area contributed by atoms with E-state index in [1.54, 1.807) is 0 Å². The second-order valence-electron chi connectivity index (χ2n) is 9.17. The minimum atomic E-state index is -0.272. The summed E-state index contributed by atoms with van der Waals surface area (Å²) in [6.07, 6.45) is 0. The lowest BCUT2D eigenvalue weighted by atomic mass is 9.92. The van der Waals surface area contributed by atoms with Crippen LogP contribution < -0.4 is 5.32 Å². The largest absolute Gasteiger partial charge is 0.350 e. The van der Waals surface area contributed by atoms with Crippen LogP contribution >= 0.6 is 11.6 Å². The molecule has 4 aromatic rings. The van der Waals surface area contributed by atoms with Crippen LogP contribution in [0.5, 0.6) is 0 Å². The molecular formula is C27H28ClN3O. The summed E-state index contributed by atoms with van der Waals surface area (Å²) < 4.78 is 1.87. The lowest BCUT2D eigenvalue weighted by Crippen LogP contribution is -2.28. The average Bonchev–Trinajstić information content (AvgIpc) is 3.21. The molecule has 0 spiro atoms. The van der Waals surface area contributed by atoms with Crippen molar-refractivity contribution >= 4 is 28.3 Å². The number of rotatable bonds is 5. The first kappa shape index (κ1) is 22.1. The number of nitrogens with zero attached hydrogens (tertiary/aromatic N) is 2. The second kappa shape index (κ2) is 8.79. The van der Waals surface area contributed by atoms with Gasteiger partial charge in [0.05, 0.1) is 29.5 Å². The minimum Gasteiger partial charge on any atom is -0.350 e. The molecule has 32 heavy (non-hydrogen) atoms. The van der Waals surface area contributed by atoms with E-state index in [0.717, 1.165) is 33.4 Å². The number of hydrogen-bond acceptors (Lipinski definition) is 2. The molecule has 0 aliphatic rings. The predicted octanol–water partition coefficient (Wildman–Crippen LogP) is 6.40. The molecule has 1 atom stereocenters. The summed E-state index contributed by atoms with van der Waals surface area (Å²) in [6, 6.07) is 23.9.